The molecular formula is C22H38O7. The molecule has 0 amide bonds. The average Bonchev–Trinajstić information content (AvgIpc) is 2.70. The van der Waals surface area contributed by atoms with Crippen LogP contribution < -0.4 is 0 Å². The van der Waals surface area contributed by atoms with Crippen LogP contribution >= 0.6 is 0 Å². The maximum atomic E-state index is 12.7. The minimum atomic E-state index is -1.11. The van der Waals surface area contributed by atoms with Crippen molar-refractivity contribution < 1.29 is 33.7 Å². The largest absolute Gasteiger partial charge is 0.469 e. The van der Waals surface area contributed by atoms with Gasteiger partial charge in [-0.1, -0.05) is 47.5 Å². The van der Waals surface area contributed by atoms with E-state index in [9.17, 15) is 19.5 Å². The van der Waals surface area contributed by atoms with Gasteiger partial charge in [-0.2, -0.15) is 0 Å². The van der Waals surface area contributed by atoms with Gasteiger partial charge in [-0.25, -0.2) is 0 Å². The summed E-state index contributed by atoms with van der Waals surface area (Å²) in [6.45, 7) is 9.41. The van der Waals surface area contributed by atoms with Gasteiger partial charge in [-0.05, 0) is 31.1 Å². The highest BCUT2D eigenvalue weighted by Gasteiger charge is 2.44. The number of rotatable bonds is 10. The molecule has 168 valence electrons. The van der Waals surface area contributed by atoms with Gasteiger partial charge in [-0.3, -0.25) is 14.4 Å². The Kier molecular flexibility index (Phi) is 10.1. The standard InChI is InChI=1S/C22H38O7/c1-7-22(14(2)3,15(4)5)21(26)29-13-16(23)12-28-20(25)18-11-9-8-10-17(18)19(24)27-6/h14-18,23H,7-13H2,1-6H3. The molecule has 1 N–H and O–H groups in total. The van der Waals surface area contributed by atoms with Crippen LogP contribution in [0.1, 0.15) is 66.7 Å². The van der Waals surface area contributed by atoms with Gasteiger partial charge in [0.1, 0.15) is 19.3 Å². The number of hydrogen-bond acceptors (Lipinski definition) is 7. The number of esters is 3. The lowest BCUT2D eigenvalue weighted by Crippen LogP contribution is -2.43. The summed E-state index contributed by atoms with van der Waals surface area (Å²) in [5.74, 6) is -2.13. The molecule has 0 aliphatic heterocycles. The van der Waals surface area contributed by atoms with Gasteiger partial charge in [0, 0.05) is 0 Å². The first-order valence-corrected chi connectivity index (χ1v) is 10.7. The molecule has 7 heteroatoms. The quantitative estimate of drug-likeness (QED) is 0.433. The first kappa shape index (κ1) is 25.4. The number of hydrogen-bond donors (Lipinski definition) is 1. The van der Waals surface area contributed by atoms with Crippen LogP contribution in [0, 0.1) is 29.1 Å². The third kappa shape index (κ3) is 6.17. The molecule has 29 heavy (non-hydrogen) atoms. The zero-order valence-electron chi connectivity index (χ0n) is 18.7. The molecule has 1 fully saturated rings. The third-order valence-electron chi connectivity index (χ3n) is 6.42. The molecule has 0 aromatic heterocycles. The second kappa shape index (κ2) is 11.5. The number of methoxy groups -OCH3 is 1. The fourth-order valence-corrected chi connectivity index (χ4v) is 4.59. The smallest absolute Gasteiger partial charge is 0.312 e. The highest BCUT2D eigenvalue weighted by molar-refractivity contribution is 5.82. The van der Waals surface area contributed by atoms with Crippen LogP contribution in [0.4, 0.5) is 0 Å². The van der Waals surface area contributed by atoms with Crippen LogP contribution in [-0.4, -0.2) is 49.4 Å². The fraction of sp³-hybridized carbons (Fsp3) is 0.864. The van der Waals surface area contributed by atoms with Gasteiger partial charge >= 0.3 is 17.9 Å². The maximum Gasteiger partial charge on any atom is 0.312 e. The minimum Gasteiger partial charge on any atom is -0.469 e. The summed E-state index contributed by atoms with van der Waals surface area (Å²) in [4.78, 5) is 37.0. The molecule has 1 saturated carbocycles. The first-order valence-electron chi connectivity index (χ1n) is 10.7. The monoisotopic (exact) mass is 414 g/mol. The van der Waals surface area contributed by atoms with Gasteiger partial charge < -0.3 is 19.3 Å². The van der Waals surface area contributed by atoms with Crippen molar-refractivity contribution in [3.05, 3.63) is 0 Å². The van der Waals surface area contributed by atoms with Crippen LogP contribution in [0.25, 0.3) is 0 Å². The van der Waals surface area contributed by atoms with Crippen LogP contribution in [0.5, 0.6) is 0 Å². The molecule has 0 spiro atoms. The lowest BCUT2D eigenvalue weighted by molar-refractivity contribution is -0.170. The highest BCUT2D eigenvalue weighted by Crippen LogP contribution is 2.40. The van der Waals surface area contributed by atoms with E-state index in [1.807, 2.05) is 34.6 Å². The van der Waals surface area contributed by atoms with Crippen molar-refractivity contribution in [3.8, 4) is 0 Å². The zero-order valence-corrected chi connectivity index (χ0v) is 18.7. The van der Waals surface area contributed by atoms with Gasteiger partial charge in [0.2, 0.25) is 0 Å². The Labute approximate surface area is 174 Å². The molecule has 1 rings (SSSR count). The van der Waals surface area contributed by atoms with E-state index in [2.05, 4.69) is 0 Å². The van der Waals surface area contributed by atoms with Crippen molar-refractivity contribution in [1.29, 1.82) is 0 Å². The van der Waals surface area contributed by atoms with Crippen LogP contribution in [-0.2, 0) is 28.6 Å². The Bertz CT molecular complexity index is 547. The second-order valence-corrected chi connectivity index (χ2v) is 8.61. The molecule has 1 aliphatic carbocycles. The van der Waals surface area contributed by atoms with E-state index in [1.165, 1.54) is 7.11 Å². The lowest BCUT2D eigenvalue weighted by Gasteiger charge is -2.38. The summed E-state index contributed by atoms with van der Waals surface area (Å²) < 4.78 is 15.4. The molecule has 0 aromatic carbocycles. The molecule has 1 aliphatic rings. The van der Waals surface area contributed by atoms with Crippen molar-refractivity contribution in [2.45, 2.75) is 72.8 Å². The Balaban J connectivity index is 2.58. The van der Waals surface area contributed by atoms with Crippen molar-refractivity contribution in [1.82, 2.24) is 0 Å². The summed E-state index contributed by atoms with van der Waals surface area (Å²) in [5, 5.41) is 10.1. The van der Waals surface area contributed by atoms with Crippen molar-refractivity contribution in [2.24, 2.45) is 29.1 Å². The van der Waals surface area contributed by atoms with E-state index >= 15 is 0 Å². The highest BCUT2D eigenvalue weighted by atomic mass is 16.6. The molecule has 3 unspecified atom stereocenters. The van der Waals surface area contributed by atoms with E-state index in [1.54, 1.807) is 0 Å². The van der Waals surface area contributed by atoms with E-state index in [-0.39, 0.29) is 31.0 Å². The average molecular weight is 415 g/mol. The van der Waals surface area contributed by atoms with Crippen molar-refractivity contribution in [2.75, 3.05) is 20.3 Å². The minimum absolute atomic E-state index is 0.0940. The van der Waals surface area contributed by atoms with Gasteiger partial charge in [0.25, 0.3) is 0 Å². The normalized spacial score (nSPS) is 21.0. The molecule has 0 radical (unpaired) electrons. The zero-order chi connectivity index (χ0) is 22.2. The third-order valence-corrected chi connectivity index (χ3v) is 6.42. The number of aliphatic hydroxyl groups excluding tert-OH is 1. The van der Waals surface area contributed by atoms with Crippen LogP contribution in [0.3, 0.4) is 0 Å². The molecule has 0 aromatic rings. The summed E-state index contributed by atoms with van der Waals surface area (Å²) in [6.07, 6.45) is 2.39. The molecule has 0 heterocycles. The van der Waals surface area contributed by atoms with E-state index in [0.29, 0.717) is 19.3 Å². The summed E-state index contributed by atoms with van der Waals surface area (Å²) in [5.41, 5.74) is -0.619. The number of carbonyl (C=O) groups is 3. The molecule has 0 saturated heterocycles. The maximum absolute atomic E-state index is 12.7. The predicted octanol–water partition coefficient (Wildman–Crippen LogP) is 3.12. The van der Waals surface area contributed by atoms with Crippen molar-refractivity contribution in [3.63, 3.8) is 0 Å². The Hall–Kier alpha value is -1.63. The van der Waals surface area contributed by atoms with E-state index in [4.69, 9.17) is 14.2 Å². The van der Waals surface area contributed by atoms with Crippen LogP contribution in [0.2, 0.25) is 0 Å². The Morgan fingerprint density at radius 3 is 1.86 bits per heavy atom. The second-order valence-electron chi connectivity index (χ2n) is 8.61. The van der Waals surface area contributed by atoms with E-state index < -0.39 is 35.3 Å². The summed E-state index contributed by atoms with van der Waals surface area (Å²) in [7, 11) is 1.31. The molecular weight excluding hydrogens is 376 g/mol. The van der Waals surface area contributed by atoms with Crippen LogP contribution in [0.15, 0.2) is 0 Å². The van der Waals surface area contributed by atoms with E-state index in [0.717, 1.165) is 12.8 Å². The SMILES string of the molecule is CCC(C(=O)OCC(O)COC(=O)C1CCCCC1C(=O)OC)(C(C)C)C(C)C. The predicted molar refractivity (Wildman–Crippen MR) is 108 cm³/mol. The fourth-order valence-electron chi connectivity index (χ4n) is 4.59. The van der Waals surface area contributed by atoms with Gasteiger partial charge in [0.05, 0.1) is 24.4 Å². The topological polar surface area (TPSA) is 99.1 Å². The Morgan fingerprint density at radius 1 is 0.931 bits per heavy atom. The molecule has 3 atom stereocenters. The molecule has 7 nitrogen and oxygen atoms in total. The Morgan fingerprint density at radius 2 is 1.41 bits per heavy atom. The number of carbonyl (C=O) groups excluding carboxylic acids is 3. The molecule has 0 bridgehead atoms. The summed E-state index contributed by atoms with van der Waals surface area (Å²) in [6, 6.07) is 0. The number of ether oxygens (including phenoxy) is 3. The van der Waals surface area contributed by atoms with Gasteiger partial charge in [-0.15, -0.1) is 0 Å². The van der Waals surface area contributed by atoms with Crippen molar-refractivity contribution >= 4 is 17.9 Å². The lowest BCUT2D eigenvalue weighted by atomic mass is 9.67. The summed E-state index contributed by atoms with van der Waals surface area (Å²) >= 11 is 0. The number of aliphatic hydroxyl groups is 1. The van der Waals surface area contributed by atoms with Gasteiger partial charge in [0.15, 0.2) is 0 Å². The first-order chi connectivity index (χ1) is 13.6.